The number of fused-ring (bicyclic) bond motifs is 2. The van der Waals surface area contributed by atoms with E-state index in [1.807, 2.05) is 40.4 Å². The van der Waals surface area contributed by atoms with Crippen LogP contribution in [0.5, 0.6) is 0 Å². The number of aromatic nitrogens is 6. The van der Waals surface area contributed by atoms with Crippen LogP contribution in [-0.2, 0) is 13.6 Å². The van der Waals surface area contributed by atoms with Gasteiger partial charge in [-0.1, -0.05) is 0 Å². The number of aliphatic hydroxyl groups excluding tert-OH is 1. The van der Waals surface area contributed by atoms with E-state index in [2.05, 4.69) is 26.6 Å². The number of hydrogen-bond donors (Lipinski definition) is 3. The van der Waals surface area contributed by atoms with E-state index in [-0.39, 0.29) is 6.54 Å². The SMILES string of the molecule is Cc1cc2c(cnn2C)cc1-c1cc(Cn2cnc3c(N)nsc32)c(N2CCC[C@](N)([C@H](O)C(F)F)C2)cn1. The Bertz CT molecular complexity index is 1680. The van der Waals surface area contributed by atoms with Crippen LogP contribution >= 0.6 is 11.5 Å². The molecule has 0 aliphatic carbocycles. The number of imidazole rings is 1. The van der Waals surface area contributed by atoms with Crippen LogP contribution in [0.3, 0.4) is 0 Å². The monoisotopic (exact) mass is 553 g/mol. The van der Waals surface area contributed by atoms with E-state index in [0.29, 0.717) is 37.3 Å². The topological polar surface area (TPSA) is 137 Å². The van der Waals surface area contributed by atoms with Gasteiger partial charge in [-0.05, 0) is 60.6 Å². The Morgan fingerprint density at radius 3 is 2.82 bits per heavy atom. The maximum Gasteiger partial charge on any atom is 0.265 e. The molecule has 0 amide bonds. The molecule has 39 heavy (non-hydrogen) atoms. The maximum atomic E-state index is 13.5. The molecule has 2 atom stereocenters. The molecular weight excluding hydrogens is 524 g/mol. The molecule has 0 bridgehead atoms. The molecular formula is C26H29F2N9OS. The van der Waals surface area contributed by atoms with Gasteiger partial charge in [-0.25, -0.2) is 13.8 Å². The lowest BCUT2D eigenvalue weighted by atomic mass is 9.84. The van der Waals surface area contributed by atoms with Crippen LogP contribution in [0.2, 0.25) is 0 Å². The number of nitrogens with two attached hydrogens (primary N) is 2. The molecule has 0 unspecified atom stereocenters. The average molecular weight is 554 g/mol. The van der Waals surface area contributed by atoms with E-state index in [4.69, 9.17) is 16.5 Å². The zero-order chi connectivity index (χ0) is 27.5. The summed E-state index contributed by atoms with van der Waals surface area (Å²) in [5.74, 6) is 0.384. The highest BCUT2D eigenvalue weighted by Gasteiger charge is 2.43. The highest BCUT2D eigenvalue weighted by atomic mass is 32.1. The van der Waals surface area contributed by atoms with Gasteiger partial charge in [0.25, 0.3) is 6.43 Å². The third-order valence-corrected chi connectivity index (χ3v) is 8.55. The minimum atomic E-state index is -2.92. The normalized spacial score (nSPS) is 19.0. The van der Waals surface area contributed by atoms with Crippen LogP contribution < -0.4 is 16.4 Å². The third-order valence-electron chi connectivity index (χ3n) is 7.66. The number of nitrogens with zero attached hydrogens (tertiary/aromatic N) is 7. The van der Waals surface area contributed by atoms with Crippen LogP contribution in [-0.4, -0.2) is 65.0 Å². The van der Waals surface area contributed by atoms with E-state index in [9.17, 15) is 13.9 Å². The Labute approximate surface area is 227 Å². The lowest BCUT2D eigenvalue weighted by molar-refractivity contribution is -0.0529. The van der Waals surface area contributed by atoms with Crippen molar-refractivity contribution >= 4 is 44.3 Å². The molecule has 0 spiro atoms. The fourth-order valence-electron chi connectivity index (χ4n) is 5.51. The minimum Gasteiger partial charge on any atom is -0.385 e. The van der Waals surface area contributed by atoms with Crippen molar-refractivity contribution < 1.29 is 13.9 Å². The zero-order valence-electron chi connectivity index (χ0n) is 21.6. The zero-order valence-corrected chi connectivity index (χ0v) is 22.4. The molecule has 4 aromatic heterocycles. The van der Waals surface area contributed by atoms with Gasteiger partial charge in [-0.15, -0.1) is 0 Å². The number of halogens is 2. The number of anilines is 2. The number of aliphatic hydroxyl groups is 1. The number of rotatable bonds is 6. The van der Waals surface area contributed by atoms with Gasteiger partial charge in [0.15, 0.2) is 5.82 Å². The fourth-order valence-corrected chi connectivity index (χ4v) is 6.24. The van der Waals surface area contributed by atoms with E-state index in [1.54, 1.807) is 12.5 Å². The van der Waals surface area contributed by atoms with Crippen LogP contribution in [0.25, 0.3) is 32.5 Å². The lowest BCUT2D eigenvalue weighted by Crippen LogP contribution is -2.63. The van der Waals surface area contributed by atoms with E-state index in [1.165, 1.54) is 11.5 Å². The first-order valence-electron chi connectivity index (χ1n) is 12.6. The molecule has 10 nitrogen and oxygen atoms in total. The molecule has 1 aliphatic rings. The van der Waals surface area contributed by atoms with Crippen LogP contribution in [0.15, 0.2) is 36.9 Å². The maximum absolute atomic E-state index is 13.5. The van der Waals surface area contributed by atoms with Crippen molar-refractivity contribution in [3.63, 3.8) is 0 Å². The summed E-state index contributed by atoms with van der Waals surface area (Å²) in [6.45, 7) is 3.16. The van der Waals surface area contributed by atoms with E-state index < -0.39 is 18.1 Å². The van der Waals surface area contributed by atoms with Gasteiger partial charge in [-0.2, -0.15) is 9.47 Å². The molecule has 0 radical (unpaired) electrons. The number of hydrogen-bond acceptors (Lipinski definition) is 9. The van der Waals surface area contributed by atoms with Crippen molar-refractivity contribution in [2.45, 2.75) is 44.4 Å². The standard InChI is InChI=1S/C26H29F2N9OS/c1-14-6-19-15(9-33-35(19)2)7-17(14)18-8-16(11-37-13-32-21-24(29)34-39-25(21)37)20(10-31-18)36-5-3-4-26(30,12-36)22(38)23(27)28/h6-10,13,22-23,38H,3-5,11-12,30H2,1-2H3,(H2,29,34)/t22-,26-/m1/s1. The summed E-state index contributed by atoms with van der Waals surface area (Å²) in [5, 5.41) is 15.6. The molecule has 1 aromatic carbocycles. The average Bonchev–Trinajstić information content (AvgIpc) is 3.60. The number of nitrogen functional groups attached to an aromatic ring is 1. The van der Waals surface area contributed by atoms with Crippen molar-refractivity contribution in [3.05, 3.63) is 48.0 Å². The minimum absolute atomic E-state index is 0.0834. The van der Waals surface area contributed by atoms with Crippen molar-refractivity contribution in [2.75, 3.05) is 23.7 Å². The summed E-state index contributed by atoms with van der Waals surface area (Å²) in [4.78, 5) is 12.0. The highest BCUT2D eigenvalue weighted by Crippen LogP contribution is 2.35. The van der Waals surface area contributed by atoms with Gasteiger partial charge in [0, 0.05) is 31.1 Å². The smallest absolute Gasteiger partial charge is 0.265 e. The Morgan fingerprint density at radius 2 is 2.03 bits per heavy atom. The number of benzene rings is 1. The van der Waals surface area contributed by atoms with Crippen molar-refractivity contribution in [1.29, 1.82) is 0 Å². The lowest BCUT2D eigenvalue weighted by Gasteiger charge is -2.44. The number of pyridine rings is 1. The van der Waals surface area contributed by atoms with Gasteiger partial charge < -0.3 is 26.0 Å². The highest BCUT2D eigenvalue weighted by molar-refractivity contribution is 7.13. The van der Waals surface area contributed by atoms with Gasteiger partial charge in [0.1, 0.15) is 16.5 Å². The Balaban J connectivity index is 1.44. The third kappa shape index (κ3) is 4.39. The molecule has 1 fully saturated rings. The summed E-state index contributed by atoms with van der Waals surface area (Å²) < 4.78 is 35.0. The first kappa shape index (κ1) is 25.6. The van der Waals surface area contributed by atoms with Crippen LogP contribution in [0, 0.1) is 6.92 Å². The first-order chi connectivity index (χ1) is 18.6. The quantitative estimate of drug-likeness (QED) is 0.291. The summed E-state index contributed by atoms with van der Waals surface area (Å²) in [7, 11) is 1.91. The van der Waals surface area contributed by atoms with Crippen LogP contribution in [0.4, 0.5) is 20.3 Å². The number of aryl methyl sites for hydroxylation is 2. The fraction of sp³-hybridized carbons (Fsp3) is 0.385. The van der Waals surface area contributed by atoms with E-state index >= 15 is 0 Å². The van der Waals surface area contributed by atoms with Gasteiger partial charge in [0.2, 0.25) is 0 Å². The number of alkyl halides is 2. The van der Waals surface area contributed by atoms with Gasteiger partial charge in [-0.3, -0.25) is 9.67 Å². The molecule has 1 aliphatic heterocycles. The summed E-state index contributed by atoms with van der Waals surface area (Å²) >= 11 is 1.27. The molecule has 6 rings (SSSR count). The Morgan fingerprint density at radius 1 is 1.21 bits per heavy atom. The predicted molar refractivity (Wildman–Crippen MR) is 148 cm³/mol. The van der Waals surface area contributed by atoms with Crippen LogP contribution in [0.1, 0.15) is 24.0 Å². The van der Waals surface area contributed by atoms with Crippen molar-refractivity contribution in [3.8, 4) is 11.3 Å². The molecule has 204 valence electrons. The van der Waals surface area contributed by atoms with Crippen molar-refractivity contribution in [2.24, 2.45) is 12.8 Å². The first-order valence-corrected chi connectivity index (χ1v) is 13.4. The molecule has 1 saturated heterocycles. The molecule has 0 saturated carbocycles. The summed E-state index contributed by atoms with van der Waals surface area (Å²) in [5.41, 5.74) is 17.1. The second-order valence-electron chi connectivity index (χ2n) is 10.3. The second kappa shape index (κ2) is 9.50. The largest absolute Gasteiger partial charge is 0.385 e. The van der Waals surface area contributed by atoms with Gasteiger partial charge >= 0.3 is 0 Å². The summed E-state index contributed by atoms with van der Waals surface area (Å²) in [6, 6.07) is 6.19. The van der Waals surface area contributed by atoms with Crippen molar-refractivity contribution in [1.82, 2.24) is 28.7 Å². The predicted octanol–water partition coefficient (Wildman–Crippen LogP) is 3.30. The second-order valence-corrected chi connectivity index (χ2v) is 11.1. The summed E-state index contributed by atoms with van der Waals surface area (Å²) in [6.07, 6.45) is 1.36. The molecule has 13 heteroatoms. The number of piperidine rings is 1. The Hall–Kier alpha value is -3.68. The Kier molecular flexibility index (Phi) is 6.24. The molecule has 5 heterocycles. The molecule has 5 N–H and O–H groups in total. The van der Waals surface area contributed by atoms with Gasteiger partial charge in [0.05, 0.1) is 47.7 Å². The molecule has 5 aromatic rings. The van der Waals surface area contributed by atoms with E-state index in [0.717, 1.165) is 43.8 Å².